The van der Waals surface area contributed by atoms with Crippen molar-refractivity contribution in [3.8, 4) is 5.75 Å². The van der Waals surface area contributed by atoms with Gasteiger partial charge < -0.3 is 15.2 Å². The maximum atomic E-state index is 11.8. The summed E-state index contributed by atoms with van der Waals surface area (Å²) in [4.78, 5) is 30.6. The van der Waals surface area contributed by atoms with E-state index < -0.39 is 22.3 Å². The highest BCUT2D eigenvalue weighted by Crippen LogP contribution is 2.28. The molecule has 0 aliphatic heterocycles. The first-order valence-electron chi connectivity index (χ1n) is 9.76. The highest BCUT2D eigenvalue weighted by atomic mass is 16.6. The number of nitrogens with zero attached hydrogens (tertiary/aromatic N) is 6. The molecule has 0 radical (unpaired) electrons. The standard InChI is InChI=1S/C20H16N8O6/c1-2-33-20(30)11-6-8-13(9-7-11)22-16-17(24-19-18(23-16)26-34-27-19)25-21-10-12-4-3-5-14(15(12)29)28(31)32/h3-10,29H,2H2,1H3,(H,22,23,26)(H,24,25,27)/b21-10-. The molecule has 14 nitrogen and oxygen atoms in total. The van der Waals surface area contributed by atoms with Crippen molar-refractivity contribution in [2.24, 2.45) is 5.10 Å². The van der Waals surface area contributed by atoms with Gasteiger partial charge in [-0.2, -0.15) is 10.1 Å². The third-order valence-corrected chi connectivity index (χ3v) is 4.39. The van der Waals surface area contributed by atoms with Crippen LogP contribution in [0.25, 0.3) is 11.3 Å². The van der Waals surface area contributed by atoms with Gasteiger partial charge in [0, 0.05) is 17.3 Å². The number of esters is 1. The Labute approximate surface area is 190 Å². The normalized spacial score (nSPS) is 11.0. The van der Waals surface area contributed by atoms with Gasteiger partial charge in [-0.3, -0.25) is 15.5 Å². The summed E-state index contributed by atoms with van der Waals surface area (Å²) < 4.78 is 9.61. The number of phenols is 1. The van der Waals surface area contributed by atoms with E-state index in [9.17, 15) is 20.0 Å². The molecule has 4 rings (SSSR count). The molecule has 2 aromatic carbocycles. The van der Waals surface area contributed by atoms with Crippen molar-refractivity contribution in [3.05, 3.63) is 63.7 Å². The molecule has 0 atom stereocenters. The van der Waals surface area contributed by atoms with Gasteiger partial charge in [0.05, 0.1) is 23.3 Å². The average Bonchev–Trinajstić information content (AvgIpc) is 3.28. The SMILES string of the molecule is CCOC(=O)c1ccc(Nc2nc3nonc3nc2N/N=C\c2cccc([N+](=O)[O-])c2O)cc1. The number of phenolic OH excluding ortho intramolecular Hbond substituents is 1. The van der Waals surface area contributed by atoms with E-state index in [1.165, 1.54) is 24.4 Å². The Bertz CT molecular complexity index is 1390. The third-order valence-electron chi connectivity index (χ3n) is 4.39. The second kappa shape index (κ2) is 9.56. The number of anilines is 3. The number of fused-ring (bicyclic) bond motifs is 1. The highest BCUT2D eigenvalue weighted by Gasteiger charge is 2.16. The Balaban J connectivity index is 1.59. The Morgan fingerprint density at radius 3 is 2.56 bits per heavy atom. The number of ether oxygens (including phenoxy) is 1. The van der Waals surface area contributed by atoms with Gasteiger partial charge in [0.2, 0.25) is 17.0 Å². The quantitative estimate of drug-likeness (QED) is 0.150. The lowest BCUT2D eigenvalue weighted by atomic mass is 10.2. The van der Waals surface area contributed by atoms with E-state index in [-0.39, 0.29) is 35.1 Å². The first kappa shape index (κ1) is 22.1. The Morgan fingerprint density at radius 1 is 1.18 bits per heavy atom. The minimum Gasteiger partial charge on any atom is -0.502 e. The monoisotopic (exact) mass is 464 g/mol. The number of nitro groups is 1. The number of aromatic hydroxyl groups is 1. The maximum Gasteiger partial charge on any atom is 0.338 e. The molecular formula is C20H16N8O6. The van der Waals surface area contributed by atoms with Crippen molar-refractivity contribution in [2.45, 2.75) is 6.92 Å². The van der Waals surface area contributed by atoms with Crippen molar-refractivity contribution >= 4 is 46.5 Å². The maximum absolute atomic E-state index is 11.8. The fourth-order valence-corrected chi connectivity index (χ4v) is 2.81. The summed E-state index contributed by atoms with van der Waals surface area (Å²) in [6.45, 7) is 1.99. The summed E-state index contributed by atoms with van der Waals surface area (Å²) in [5, 5.41) is 35.4. The first-order chi connectivity index (χ1) is 16.5. The number of carbonyl (C=O) groups excluding carboxylic acids is 1. The Kier molecular flexibility index (Phi) is 6.20. The molecule has 34 heavy (non-hydrogen) atoms. The number of nitrogens with one attached hydrogen (secondary N) is 2. The fraction of sp³-hybridized carbons (Fsp3) is 0.100. The summed E-state index contributed by atoms with van der Waals surface area (Å²) in [5.41, 5.74) is 3.52. The van der Waals surface area contributed by atoms with Gasteiger partial charge in [-0.25, -0.2) is 14.4 Å². The lowest BCUT2D eigenvalue weighted by Gasteiger charge is -2.10. The van der Waals surface area contributed by atoms with Crippen LogP contribution in [0.1, 0.15) is 22.8 Å². The number of benzene rings is 2. The molecule has 0 aliphatic carbocycles. The van der Waals surface area contributed by atoms with Crippen molar-refractivity contribution in [1.29, 1.82) is 0 Å². The number of hydrogen-bond acceptors (Lipinski definition) is 13. The lowest BCUT2D eigenvalue weighted by molar-refractivity contribution is -0.385. The number of nitro benzene ring substituents is 1. The molecule has 14 heteroatoms. The minimum absolute atomic E-state index is 0.110. The van der Waals surface area contributed by atoms with Crippen LogP contribution < -0.4 is 10.7 Å². The van der Waals surface area contributed by atoms with E-state index in [4.69, 9.17) is 4.74 Å². The summed E-state index contributed by atoms with van der Waals surface area (Å²) in [5.74, 6) is -0.642. The predicted molar refractivity (Wildman–Crippen MR) is 119 cm³/mol. The summed E-state index contributed by atoms with van der Waals surface area (Å²) in [6.07, 6.45) is 1.19. The van der Waals surface area contributed by atoms with Crippen LogP contribution >= 0.6 is 0 Å². The van der Waals surface area contributed by atoms with Gasteiger partial charge >= 0.3 is 11.7 Å². The zero-order valence-corrected chi connectivity index (χ0v) is 17.5. The van der Waals surface area contributed by atoms with E-state index in [2.05, 4.69) is 40.8 Å². The molecule has 0 aliphatic rings. The van der Waals surface area contributed by atoms with Crippen LogP contribution in [0.15, 0.2) is 52.2 Å². The smallest absolute Gasteiger partial charge is 0.338 e. The molecule has 2 aromatic heterocycles. The van der Waals surface area contributed by atoms with Crippen LogP contribution in [-0.2, 0) is 4.74 Å². The van der Waals surface area contributed by atoms with Crippen molar-refractivity contribution in [3.63, 3.8) is 0 Å². The molecule has 0 fully saturated rings. The second-order valence-corrected chi connectivity index (χ2v) is 6.60. The molecule has 3 N–H and O–H groups in total. The zero-order valence-electron chi connectivity index (χ0n) is 17.5. The topological polar surface area (TPSA) is 191 Å². The highest BCUT2D eigenvalue weighted by molar-refractivity contribution is 5.90. The van der Waals surface area contributed by atoms with Gasteiger partial charge in [-0.1, -0.05) is 6.07 Å². The average molecular weight is 464 g/mol. The predicted octanol–water partition coefficient (Wildman–Crippen LogP) is 2.99. The second-order valence-electron chi connectivity index (χ2n) is 6.60. The van der Waals surface area contributed by atoms with Crippen molar-refractivity contribution in [1.82, 2.24) is 20.3 Å². The lowest BCUT2D eigenvalue weighted by Crippen LogP contribution is -2.05. The van der Waals surface area contributed by atoms with Crippen LogP contribution in [0.4, 0.5) is 23.0 Å². The van der Waals surface area contributed by atoms with E-state index in [1.54, 1.807) is 31.2 Å². The van der Waals surface area contributed by atoms with Crippen LogP contribution in [0.5, 0.6) is 5.75 Å². The van der Waals surface area contributed by atoms with Gasteiger partial charge in [-0.15, -0.1) is 0 Å². The van der Waals surface area contributed by atoms with Crippen LogP contribution in [0.3, 0.4) is 0 Å². The number of hydrazone groups is 1. The molecule has 0 spiro atoms. The number of para-hydroxylation sites is 1. The van der Waals surface area contributed by atoms with E-state index in [0.29, 0.717) is 11.3 Å². The molecule has 0 saturated carbocycles. The van der Waals surface area contributed by atoms with Crippen molar-refractivity contribution in [2.75, 3.05) is 17.3 Å². The fourth-order valence-electron chi connectivity index (χ4n) is 2.81. The molecule has 0 amide bonds. The summed E-state index contributed by atoms with van der Waals surface area (Å²) in [7, 11) is 0. The molecule has 0 unspecified atom stereocenters. The molecule has 2 heterocycles. The van der Waals surface area contributed by atoms with E-state index >= 15 is 0 Å². The number of aromatic nitrogens is 4. The number of hydrogen-bond donors (Lipinski definition) is 3. The summed E-state index contributed by atoms with van der Waals surface area (Å²) >= 11 is 0. The van der Waals surface area contributed by atoms with E-state index in [1.807, 2.05) is 0 Å². The van der Waals surface area contributed by atoms with Gasteiger partial charge in [0.1, 0.15) is 0 Å². The molecule has 0 bridgehead atoms. The minimum atomic E-state index is -0.702. The zero-order chi connectivity index (χ0) is 24.1. The summed E-state index contributed by atoms with van der Waals surface area (Å²) in [6, 6.07) is 10.5. The Morgan fingerprint density at radius 2 is 1.88 bits per heavy atom. The third kappa shape index (κ3) is 4.69. The largest absolute Gasteiger partial charge is 0.502 e. The number of carbonyl (C=O) groups is 1. The van der Waals surface area contributed by atoms with Crippen LogP contribution in [0.2, 0.25) is 0 Å². The Hall–Kier alpha value is -5.14. The molecule has 172 valence electrons. The van der Waals surface area contributed by atoms with E-state index in [0.717, 1.165) is 0 Å². The van der Waals surface area contributed by atoms with Crippen LogP contribution in [-0.4, -0.2) is 49.1 Å². The molecule has 0 saturated heterocycles. The molecular weight excluding hydrogens is 448 g/mol. The van der Waals surface area contributed by atoms with Gasteiger partial charge in [-0.05, 0) is 47.6 Å². The van der Waals surface area contributed by atoms with Gasteiger partial charge in [0.25, 0.3) is 0 Å². The van der Waals surface area contributed by atoms with Crippen LogP contribution in [0, 0.1) is 10.1 Å². The molecule has 4 aromatic rings. The first-order valence-corrected chi connectivity index (χ1v) is 9.76. The number of rotatable bonds is 8. The van der Waals surface area contributed by atoms with Gasteiger partial charge in [0.15, 0.2) is 11.6 Å². The van der Waals surface area contributed by atoms with Crippen molar-refractivity contribution < 1.29 is 24.2 Å².